The lowest BCUT2D eigenvalue weighted by Crippen LogP contribution is -2.31. The van der Waals surface area contributed by atoms with Crippen LogP contribution in [0.15, 0.2) is 29.2 Å². The SMILES string of the molecule is C#CCN(CC#C)S(=O)(=O)c1ccc(CO)cc1. The molecule has 1 N–H and O–H groups in total. The molecular formula is C13H13NO3S. The predicted molar refractivity (Wildman–Crippen MR) is 68.8 cm³/mol. The van der Waals surface area contributed by atoms with Crippen LogP contribution in [0.1, 0.15) is 5.56 Å². The van der Waals surface area contributed by atoms with E-state index < -0.39 is 10.0 Å². The van der Waals surface area contributed by atoms with Gasteiger partial charge in [-0.2, -0.15) is 4.31 Å². The Bertz CT molecular complexity index is 560. The quantitative estimate of drug-likeness (QED) is 0.784. The highest BCUT2D eigenvalue weighted by molar-refractivity contribution is 7.89. The molecule has 0 aromatic heterocycles. The first-order valence-corrected chi connectivity index (χ1v) is 6.57. The lowest BCUT2D eigenvalue weighted by molar-refractivity contribution is 0.281. The van der Waals surface area contributed by atoms with Crippen LogP contribution in [0, 0.1) is 24.7 Å². The number of rotatable bonds is 5. The first-order valence-electron chi connectivity index (χ1n) is 5.13. The van der Waals surface area contributed by atoms with Crippen LogP contribution < -0.4 is 0 Å². The summed E-state index contributed by atoms with van der Waals surface area (Å²) in [4.78, 5) is 0.102. The van der Waals surface area contributed by atoms with E-state index in [4.69, 9.17) is 18.0 Å². The summed E-state index contributed by atoms with van der Waals surface area (Å²) in [5.74, 6) is 4.52. The molecule has 94 valence electrons. The van der Waals surface area contributed by atoms with E-state index in [1.54, 1.807) is 0 Å². The highest BCUT2D eigenvalue weighted by Crippen LogP contribution is 2.16. The van der Waals surface area contributed by atoms with Crippen molar-refractivity contribution in [3.63, 3.8) is 0 Å². The van der Waals surface area contributed by atoms with Crippen LogP contribution >= 0.6 is 0 Å². The Morgan fingerprint density at radius 1 is 1.11 bits per heavy atom. The van der Waals surface area contributed by atoms with Gasteiger partial charge in [0.05, 0.1) is 24.6 Å². The van der Waals surface area contributed by atoms with Crippen LogP contribution in [-0.4, -0.2) is 30.9 Å². The predicted octanol–water partition coefficient (Wildman–Crippen LogP) is 0.436. The zero-order chi connectivity index (χ0) is 13.6. The van der Waals surface area contributed by atoms with Crippen molar-refractivity contribution in [2.45, 2.75) is 11.5 Å². The van der Waals surface area contributed by atoms with Crippen LogP contribution in [0.4, 0.5) is 0 Å². The van der Waals surface area contributed by atoms with E-state index in [9.17, 15) is 8.42 Å². The van der Waals surface area contributed by atoms with E-state index >= 15 is 0 Å². The summed E-state index contributed by atoms with van der Waals surface area (Å²) >= 11 is 0. The molecule has 0 aliphatic carbocycles. The molecule has 18 heavy (non-hydrogen) atoms. The lowest BCUT2D eigenvalue weighted by atomic mass is 10.2. The average molecular weight is 263 g/mol. The van der Waals surface area contributed by atoms with Gasteiger partial charge >= 0.3 is 0 Å². The number of aliphatic hydroxyl groups excluding tert-OH is 1. The van der Waals surface area contributed by atoms with Crippen LogP contribution in [0.2, 0.25) is 0 Å². The van der Waals surface area contributed by atoms with Crippen molar-refractivity contribution in [2.24, 2.45) is 0 Å². The number of aliphatic hydroxyl groups is 1. The second-order valence-electron chi connectivity index (χ2n) is 3.48. The van der Waals surface area contributed by atoms with Crippen molar-refractivity contribution in [1.29, 1.82) is 0 Å². The zero-order valence-corrected chi connectivity index (χ0v) is 10.5. The maximum Gasteiger partial charge on any atom is 0.244 e. The van der Waals surface area contributed by atoms with Gasteiger partial charge in [-0.15, -0.1) is 12.8 Å². The molecule has 0 spiro atoms. The molecule has 0 unspecified atom stereocenters. The molecular weight excluding hydrogens is 250 g/mol. The maximum atomic E-state index is 12.2. The maximum absolute atomic E-state index is 12.2. The van der Waals surface area contributed by atoms with E-state index in [0.29, 0.717) is 5.56 Å². The Kier molecular flexibility index (Phi) is 4.94. The standard InChI is InChI=1S/C13H13NO3S/c1-3-9-14(10-4-2)18(16,17)13-7-5-12(11-15)6-8-13/h1-2,5-8,15H,9-11H2. The van der Waals surface area contributed by atoms with Crippen molar-refractivity contribution < 1.29 is 13.5 Å². The molecule has 0 radical (unpaired) electrons. The average Bonchev–Trinajstić information content (AvgIpc) is 2.38. The van der Waals surface area contributed by atoms with Crippen molar-refractivity contribution in [1.82, 2.24) is 4.31 Å². The minimum absolute atomic E-state index is 0.0751. The van der Waals surface area contributed by atoms with Gasteiger partial charge in [0.2, 0.25) is 10.0 Å². The Morgan fingerprint density at radius 3 is 2.00 bits per heavy atom. The minimum Gasteiger partial charge on any atom is -0.392 e. The van der Waals surface area contributed by atoms with E-state index in [1.807, 2.05) is 0 Å². The van der Waals surface area contributed by atoms with E-state index in [2.05, 4.69) is 11.8 Å². The summed E-state index contributed by atoms with van der Waals surface area (Å²) in [6, 6.07) is 5.91. The number of hydrogen-bond donors (Lipinski definition) is 1. The minimum atomic E-state index is -3.68. The Labute approximate surface area is 107 Å². The van der Waals surface area contributed by atoms with E-state index in [1.165, 1.54) is 24.3 Å². The number of nitrogens with zero attached hydrogens (tertiary/aromatic N) is 1. The monoisotopic (exact) mass is 263 g/mol. The smallest absolute Gasteiger partial charge is 0.244 e. The molecule has 1 aromatic carbocycles. The Balaban J connectivity index is 3.11. The zero-order valence-electron chi connectivity index (χ0n) is 9.70. The normalized spacial score (nSPS) is 10.9. The van der Waals surface area contributed by atoms with Gasteiger partial charge in [-0.05, 0) is 17.7 Å². The third-order valence-corrected chi connectivity index (χ3v) is 4.08. The molecule has 5 heteroatoms. The van der Waals surface area contributed by atoms with Gasteiger partial charge in [-0.1, -0.05) is 24.0 Å². The molecule has 1 rings (SSSR count). The second kappa shape index (κ2) is 6.23. The summed E-state index contributed by atoms with van der Waals surface area (Å²) < 4.78 is 25.4. The largest absolute Gasteiger partial charge is 0.392 e. The highest BCUT2D eigenvalue weighted by atomic mass is 32.2. The fraction of sp³-hybridized carbons (Fsp3) is 0.231. The van der Waals surface area contributed by atoms with Gasteiger partial charge in [-0.25, -0.2) is 8.42 Å². The fourth-order valence-electron chi connectivity index (χ4n) is 1.35. The van der Waals surface area contributed by atoms with Gasteiger partial charge in [0.25, 0.3) is 0 Å². The summed E-state index contributed by atoms with van der Waals surface area (Å²) in [6.45, 7) is -0.290. The first-order chi connectivity index (χ1) is 8.56. The lowest BCUT2D eigenvalue weighted by Gasteiger charge is -2.17. The molecule has 0 saturated carbocycles. The first kappa shape index (κ1) is 14.3. The Hall–Kier alpha value is -1.79. The molecule has 0 atom stereocenters. The topological polar surface area (TPSA) is 57.6 Å². The van der Waals surface area contributed by atoms with Crippen molar-refractivity contribution >= 4 is 10.0 Å². The third-order valence-electron chi connectivity index (χ3n) is 2.28. The molecule has 0 heterocycles. The van der Waals surface area contributed by atoms with Crippen LogP contribution in [-0.2, 0) is 16.6 Å². The fourth-order valence-corrected chi connectivity index (χ4v) is 2.61. The number of sulfonamides is 1. The molecule has 0 aliphatic heterocycles. The van der Waals surface area contributed by atoms with Crippen molar-refractivity contribution in [2.75, 3.05) is 13.1 Å². The van der Waals surface area contributed by atoms with Gasteiger partial charge < -0.3 is 5.11 Å². The molecule has 0 saturated heterocycles. The van der Waals surface area contributed by atoms with Gasteiger partial charge in [0, 0.05) is 0 Å². The molecule has 4 nitrogen and oxygen atoms in total. The second-order valence-corrected chi connectivity index (χ2v) is 5.42. The summed E-state index contributed by atoms with van der Waals surface area (Å²) in [5, 5.41) is 8.90. The number of benzene rings is 1. The molecule has 1 aromatic rings. The summed E-state index contributed by atoms with van der Waals surface area (Å²) in [5.41, 5.74) is 0.634. The van der Waals surface area contributed by atoms with Gasteiger partial charge in [0.1, 0.15) is 0 Å². The summed E-state index contributed by atoms with van der Waals surface area (Å²) in [7, 11) is -3.68. The third kappa shape index (κ3) is 3.12. The van der Waals surface area contributed by atoms with E-state index in [0.717, 1.165) is 4.31 Å². The number of hydrogen-bond acceptors (Lipinski definition) is 3. The van der Waals surface area contributed by atoms with Crippen molar-refractivity contribution in [3.05, 3.63) is 29.8 Å². The van der Waals surface area contributed by atoms with Crippen molar-refractivity contribution in [3.8, 4) is 24.7 Å². The summed E-state index contributed by atoms with van der Waals surface area (Å²) in [6.07, 6.45) is 10.2. The molecule has 0 aliphatic rings. The van der Waals surface area contributed by atoms with Gasteiger partial charge in [-0.3, -0.25) is 0 Å². The Morgan fingerprint density at radius 2 is 1.61 bits per heavy atom. The number of terminal acetylenes is 2. The van der Waals surface area contributed by atoms with Crippen LogP contribution in [0.5, 0.6) is 0 Å². The molecule has 0 amide bonds. The molecule has 0 fully saturated rings. The van der Waals surface area contributed by atoms with Crippen LogP contribution in [0.3, 0.4) is 0 Å². The molecule has 0 bridgehead atoms. The highest BCUT2D eigenvalue weighted by Gasteiger charge is 2.22. The van der Waals surface area contributed by atoms with Gasteiger partial charge in [0.15, 0.2) is 0 Å². The van der Waals surface area contributed by atoms with Crippen LogP contribution in [0.25, 0.3) is 0 Å². The van der Waals surface area contributed by atoms with E-state index in [-0.39, 0.29) is 24.6 Å².